The number of likely N-dealkylation sites (tertiary alicyclic amines) is 1. The highest BCUT2D eigenvalue weighted by molar-refractivity contribution is 7.89. The molecule has 0 bridgehead atoms. The van der Waals surface area contributed by atoms with Gasteiger partial charge < -0.3 is 4.74 Å². The Kier molecular flexibility index (Phi) is 8.27. The molecule has 2 heterocycles. The molecule has 30 heavy (non-hydrogen) atoms. The standard InChI is InChI=1S/C22H35N3O4S/c1-3-4-8-15-30(27,28)25-13-11-24(12-14-25)21-17-23(18-22(21)29-19(2)26)16-20-9-6-5-7-10-20/h5-7,9-10,21-22H,3-4,8,11-18H2,1-2H3/t21-,22-/m0/s1. The minimum absolute atomic E-state index is 0.0996. The number of benzene rings is 1. The fraction of sp³-hybridized carbons (Fsp3) is 0.682. The van der Waals surface area contributed by atoms with E-state index in [-0.39, 0.29) is 23.9 Å². The predicted octanol–water partition coefficient (Wildman–Crippen LogP) is 1.94. The van der Waals surface area contributed by atoms with Crippen LogP contribution >= 0.6 is 0 Å². The van der Waals surface area contributed by atoms with Crippen molar-refractivity contribution in [1.82, 2.24) is 14.1 Å². The second kappa shape index (κ2) is 10.7. The summed E-state index contributed by atoms with van der Waals surface area (Å²) >= 11 is 0. The first-order valence-corrected chi connectivity index (χ1v) is 12.7. The third kappa shape index (κ3) is 6.26. The summed E-state index contributed by atoms with van der Waals surface area (Å²) in [7, 11) is -3.18. The molecule has 7 nitrogen and oxygen atoms in total. The van der Waals surface area contributed by atoms with Crippen LogP contribution in [-0.2, 0) is 26.1 Å². The monoisotopic (exact) mass is 437 g/mol. The number of rotatable bonds is 9. The molecular weight excluding hydrogens is 402 g/mol. The van der Waals surface area contributed by atoms with Gasteiger partial charge in [-0.3, -0.25) is 14.6 Å². The summed E-state index contributed by atoms with van der Waals surface area (Å²) in [5, 5.41) is 0. The highest BCUT2D eigenvalue weighted by Crippen LogP contribution is 2.23. The van der Waals surface area contributed by atoms with E-state index in [9.17, 15) is 13.2 Å². The van der Waals surface area contributed by atoms with Gasteiger partial charge >= 0.3 is 5.97 Å². The van der Waals surface area contributed by atoms with E-state index in [0.717, 1.165) is 32.4 Å². The average molecular weight is 438 g/mol. The fourth-order valence-electron chi connectivity index (χ4n) is 4.46. The molecule has 0 aliphatic carbocycles. The molecule has 0 aromatic heterocycles. The molecule has 1 aromatic rings. The molecular formula is C22H35N3O4S. The molecule has 0 unspecified atom stereocenters. The lowest BCUT2D eigenvalue weighted by atomic mass is 10.1. The third-order valence-corrected chi connectivity index (χ3v) is 7.98. The zero-order valence-corrected chi connectivity index (χ0v) is 19.0. The van der Waals surface area contributed by atoms with Gasteiger partial charge in [0.05, 0.1) is 11.8 Å². The molecule has 2 atom stereocenters. The smallest absolute Gasteiger partial charge is 0.303 e. The van der Waals surface area contributed by atoms with Crippen molar-refractivity contribution in [3.05, 3.63) is 35.9 Å². The van der Waals surface area contributed by atoms with Gasteiger partial charge in [0.25, 0.3) is 0 Å². The van der Waals surface area contributed by atoms with E-state index in [1.807, 2.05) is 18.2 Å². The molecule has 168 valence electrons. The molecule has 0 spiro atoms. The number of piperazine rings is 1. The number of nitrogens with zero attached hydrogens (tertiary/aromatic N) is 3. The first-order valence-electron chi connectivity index (χ1n) is 11.0. The molecule has 0 saturated carbocycles. The summed E-state index contributed by atoms with van der Waals surface area (Å²) in [6, 6.07) is 10.4. The van der Waals surface area contributed by atoms with Gasteiger partial charge in [-0.05, 0) is 12.0 Å². The maximum atomic E-state index is 12.6. The number of sulfonamides is 1. The van der Waals surface area contributed by atoms with Gasteiger partial charge in [-0.25, -0.2) is 8.42 Å². The van der Waals surface area contributed by atoms with Crippen molar-refractivity contribution in [2.24, 2.45) is 0 Å². The van der Waals surface area contributed by atoms with Gasteiger partial charge in [0.1, 0.15) is 6.10 Å². The van der Waals surface area contributed by atoms with Gasteiger partial charge in [0.2, 0.25) is 10.0 Å². The van der Waals surface area contributed by atoms with Crippen molar-refractivity contribution in [1.29, 1.82) is 0 Å². The Morgan fingerprint density at radius 1 is 1.07 bits per heavy atom. The van der Waals surface area contributed by atoms with Crippen LogP contribution < -0.4 is 0 Å². The SMILES string of the molecule is CCCCCS(=O)(=O)N1CCN([C@H]2CN(Cc3ccccc3)C[C@@H]2OC(C)=O)CC1. The molecule has 2 fully saturated rings. The van der Waals surface area contributed by atoms with Crippen LogP contribution in [0.4, 0.5) is 0 Å². The largest absolute Gasteiger partial charge is 0.459 e. The number of ether oxygens (including phenoxy) is 1. The van der Waals surface area contributed by atoms with Crippen LogP contribution in [0.25, 0.3) is 0 Å². The van der Waals surface area contributed by atoms with Crippen LogP contribution in [0.3, 0.4) is 0 Å². The Hall–Kier alpha value is -1.48. The van der Waals surface area contributed by atoms with Crippen molar-refractivity contribution in [3.63, 3.8) is 0 Å². The summed E-state index contributed by atoms with van der Waals surface area (Å²) in [5.41, 5.74) is 1.24. The molecule has 0 radical (unpaired) electrons. The summed E-state index contributed by atoms with van der Waals surface area (Å²) in [4.78, 5) is 16.3. The highest BCUT2D eigenvalue weighted by Gasteiger charge is 2.40. The Morgan fingerprint density at radius 2 is 1.77 bits per heavy atom. The van der Waals surface area contributed by atoms with Crippen LogP contribution in [0.2, 0.25) is 0 Å². The number of carbonyl (C=O) groups excluding carboxylic acids is 1. The number of carbonyl (C=O) groups is 1. The van der Waals surface area contributed by atoms with E-state index in [1.165, 1.54) is 12.5 Å². The van der Waals surface area contributed by atoms with Crippen LogP contribution in [0.15, 0.2) is 30.3 Å². The second-order valence-electron chi connectivity index (χ2n) is 8.35. The first-order chi connectivity index (χ1) is 14.4. The Labute approximate surface area is 181 Å². The Morgan fingerprint density at radius 3 is 2.40 bits per heavy atom. The van der Waals surface area contributed by atoms with E-state index < -0.39 is 10.0 Å². The lowest BCUT2D eigenvalue weighted by Crippen LogP contribution is -2.55. The molecule has 2 saturated heterocycles. The summed E-state index contributed by atoms with van der Waals surface area (Å²) in [6.07, 6.45) is 2.51. The lowest BCUT2D eigenvalue weighted by molar-refractivity contribution is -0.148. The summed E-state index contributed by atoms with van der Waals surface area (Å²) < 4.78 is 32.5. The third-order valence-electron chi connectivity index (χ3n) is 6.02. The topological polar surface area (TPSA) is 70.2 Å². The number of hydrogen-bond acceptors (Lipinski definition) is 6. The molecule has 1 aromatic carbocycles. The normalized spacial score (nSPS) is 24.2. The number of unbranched alkanes of at least 4 members (excludes halogenated alkanes) is 2. The van der Waals surface area contributed by atoms with Crippen molar-refractivity contribution < 1.29 is 17.9 Å². The number of esters is 1. The van der Waals surface area contributed by atoms with Crippen LogP contribution in [0.1, 0.15) is 38.7 Å². The highest BCUT2D eigenvalue weighted by atomic mass is 32.2. The predicted molar refractivity (Wildman–Crippen MR) is 118 cm³/mol. The molecule has 8 heteroatoms. The maximum Gasteiger partial charge on any atom is 0.303 e. The minimum Gasteiger partial charge on any atom is -0.459 e. The Balaban J connectivity index is 1.58. The molecule has 2 aliphatic rings. The van der Waals surface area contributed by atoms with Gasteiger partial charge in [0.15, 0.2) is 0 Å². The van der Waals surface area contributed by atoms with Gasteiger partial charge in [-0.15, -0.1) is 0 Å². The maximum absolute atomic E-state index is 12.6. The first kappa shape index (κ1) is 23.2. The quantitative estimate of drug-likeness (QED) is 0.434. The second-order valence-corrected chi connectivity index (χ2v) is 10.4. The van der Waals surface area contributed by atoms with E-state index >= 15 is 0 Å². The zero-order valence-electron chi connectivity index (χ0n) is 18.2. The van der Waals surface area contributed by atoms with Crippen LogP contribution in [0.5, 0.6) is 0 Å². The van der Waals surface area contributed by atoms with E-state index in [0.29, 0.717) is 32.7 Å². The van der Waals surface area contributed by atoms with Crippen molar-refractivity contribution in [3.8, 4) is 0 Å². The molecule has 2 aliphatic heterocycles. The Bertz CT molecular complexity index is 779. The fourth-order valence-corrected chi connectivity index (χ4v) is 6.01. The number of hydrogen-bond donors (Lipinski definition) is 0. The molecule has 0 N–H and O–H groups in total. The molecule has 0 amide bonds. The van der Waals surface area contributed by atoms with Crippen molar-refractivity contribution >= 4 is 16.0 Å². The van der Waals surface area contributed by atoms with E-state index in [4.69, 9.17) is 4.74 Å². The van der Waals surface area contributed by atoms with E-state index in [1.54, 1.807) is 4.31 Å². The van der Waals surface area contributed by atoms with Crippen LogP contribution in [0, 0.1) is 0 Å². The van der Waals surface area contributed by atoms with Crippen molar-refractivity contribution in [2.75, 3.05) is 45.0 Å². The summed E-state index contributed by atoms with van der Waals surface area (Å²) in [5.74, 6) is -0.0192. The average Bonchev–Trinajstić information content (AvgIpc) is 3.10. The van der Waals surface area contributed by atoms with Gasteiger partial charge in [-0.1, -0.05) is 50.1 Å². The van der Waals surface area contributed by atoms with Gasteiger partial charge in [-0.2, -0.15) is 4.31 Å². The van der Waals surface area contributed by atoms with Gasteiger partial charge in [0, 0.05) is 52.7 Å². The minimum atomic E-state index is -3.18. The van der Waals surface area contributed by atoms with E-state index in [2.05, 4.69) is 28.9 Å². The molecule has 3 rings (SSSR count). The summed E-state index contributed by atoms with van der Waals surface area (Å²) in [6.45, 7) is 8.24. The van der Waals surface area contributed by atoms with Crippen molar-refractivity contribution in [2.45, 2.75) is 51.8 Å². The van der Waals surface area contributed by atoms with Crippen LogP contribution in [-0.4, -0.2) is 85.7 Å². The zero-order chi connectivity index (χ0) is 21.6. The lowest BCUT2D eigenvalue weighted by Gasteiger charge is -2.38.